The highest BCUT2D eigenvalue weighted by Gasteiger charge is 2.20. The Morgan fingerprint density at radius 1 is 1.13 bits per heavy atom. The molecule has 1 N–H and O–H groups in total. The third kappa shape index (κ3) is 5.16. The number of benzene rings is 2. The van der Waals surface area contributed by atoms with Crippen LogP contribution in [0.25, 0.3) is 11.4 Å². The van der Waals surface area contributed by atoms with E-state index < -0.39 is 0 Å². The zero-order chi connectivity index (χ0) is 21.7. The lowest BCUT2D eigenvalue weighted by Crippen LogP contribution is -2.23. The average molecular weight is 425 g/mol. The number of allylic oxidation sites excluding steroid dienone is 1. The molecule has 0 spiro atoms. The summed E-state index contributed by atoms with van der Waals surface area (Å²) in [7, 11) is 0. The van der Waals surface area contributed by atoms with Crippen LogP contribution in [-0.2, 0) is 11.3 Å². The van der Waals surface area contributed by atoms with Gasteiger partial charge in [0.05, 0.1) is 5.25 Å². The number of carbonyl (C=O) groups excluding carboxylic acids is 1. The van der Waals surface area contributed by atoms with Crippen molar-refractivity contribution in [3.8, 4) is 11.4 Å². The van der Waals surface area contributed by atoms with Crippen LogP contribution in [0.1, 0.15) is 32.3 Å². The van der Waals surface area contributed by atoms with Crippen molar-refractivity contribution >= 4 is 23.4 Å². The molecule has 0 saturated carbocycles. The third-order valence-corrected chi connectivity index (χ3v) is 5.71. The molecule has 1 aromatic heterocycles. The molecule has 0 aliphatic heterocycles. The van der Waals surface area contributed by atoms with Crippen LogP contribution in [0.4, 0.5) is 10.1 Å². The Morgan fingerprint density at radius 2 is 1.80 bits per heavy atom. The Bertz CT molecular complexity index is 1010. The molecule has 3 rings (SSSR count). The van der Waals surface area contributed by atoms with E-state index in [-0.39, 0.29) is 17.0 Å². The van der Waals surface area contributed by atoms with Crippen molar-refractivity contribution in [1.82, 2.24) is 14.8 Å². The predicted molar refractivity (Wildman–Crippen MR) is 120 cm³/mol. The van der Waals surface area contributed by atoms with Gasteiger partial charge in [-0.05, 0) is 54.8 Å². The molecule has 0 aliphatic carbocycles. The first-order chi connectivity index (χ1) is 14.4. The molecule has 2 aromatic carbocycles. The first-order valence-corrected chi connectivity index (χ1v) is 10.6. The molecule has 7 heteroatoms. The molecule has 3 aromatic rings. The monoisotopic (exact) mass is 424 g/mol. The minimum Gasteiger partial charge on any atom is -0.325 e. The highest BCUT2D eigenvalue weighted by atomic mass is 32.2. The average Bonchev–Trinajstić information content (AvgIpc) is 3.11. The lowest BCUT2D eigenvalue weighted by Gasteiger charge is -2.13. The van der Waals surface area contributed by atoms with Gasteiger partial charge in [-0.15, -0.1) is 16.8 Å². The Kier molecular flexibility index (Phi) is 7.05. The minimum atomic E-state index is -0.386. The van der Waals surface area contributed by atoms with Gasteiger partial charge in [-0.2, -0.15) is 0 Å². The molecule has 0 radical (unpaired) electrons. The first kappa shape index (κ1) is 21.8. The number of nitrogens with zero attached hydrogens (tertiary/aromatic N) is 3. The highest BCUT2D eigenvalue weighted by Crippen LogP contribution is 2.28. The summed E-state index contributed by atoms with van der Waals surface area (Å²) in [5.74, 6) is 0.619. The summed E-state index contributed by atoms with van der Waals surface area (Å²) in [6.07, 6.45) is 1.74. The lowest BCUT2D eigenvalue weighted by molar-refractivity contribution is -0.115. The second kappa shape index (κ2) is 9.71. The summed E-state index contributed by atoms with van der Waals surface area (Å²) in [5.41, 5.74) is 2.73. The largest absolute Gasteiger partial charge is 0.325 e. The van der Waals surface area contributed by atoms with Gasteiger partial charge >= 0.3 is 0 Å². The minimum absolute atomic E-state index is 0.117. The van der Waals surface area contributed by atoms with Crippen molar-refractivity contribution < 1.29 is 9.18 Å². The number of amides is 1. The number of rotatable bonds is 8. The van der Waals surface area contributed by atoms with E-state index in [0.29, 0.717) is 23.4 Å². The second-order valence-electron chi connectivity index (χ2n) is 7.24. The van der Waals surface area contributed by atoms with Crippen LogP contribution in [0.5, 0.6) is 0 Å². The van der Waals surface area contributed by atoms with Gasteiger partial charge < -0.3 is 5.32 Å². The fourth-order valence-electron chi connectivity index (χ4n) is 2.89. The lowest BCUT2D eigenvalue weighted by atomic mass is 10.0. The summed E-state index contributed by atoms with van der Waals surface area (Å²) in [4.78, 5) is 12.7. The van der Waals surface area contributed by atoms with Crippen molar-refractivity contribution in [3.05, 3.63) is 72.6 Å². The predicted octanol–water partition coefficient (Wildman–Crippen LogP) is 5.51. The quantitative estimate of drug-likeness (QED) is 0.382. The molecule has 0 unspecified atom stereocenters. The third-order valence-electron chi connectivity index (χ3n) is 4.63. The zero-order valence-corrected chi connectivity index (χ0v) is 18.1. The summed E-state index contributed by atoms with van der Waals surface area (Å²) < 4.78 is 15.1. The normalized spacial score (nSPS) is 12.0. The van der Waals surface area contributed by atoms with Gasteiger partial charge in [-0.1, -0.05) is 43.8 Å². The second-order valence-corrected chi connectivity index (χ2v) is 8.55. The van der Waals surface area contributed by atoms with Crippen LogP contribution in [0.2, 0.25) is 0 Å². The van der Waals surface area contributed by atoms with Crippen molar-refractivity contribution in [2.45, 2.75) is 43.6 Å². The molecule has 0 fully saturated rings. The van der Waals surface area contributed by atoms with Gasteiger partial charge in [0, 0.05) is 17.8 Å². The number of thioether (sulfide) groups is 1. The van der Waals surface area contributed by atoms with E-state index in [9.17, 15) is 9.18 Å². The van der Waals surface area contributed by atoms with Crippen molar-refractivity contribution in [2.75, 3.05) is 5.32 Å². The Morgan fingerprint density at radius 3 is 2.40 bits per heavy atom. The van der Waals surface area contributed by atoms with Crippen LogP contribution < -0.4 is 5.32 Å². The maximum atomic E-state index is 13.2. The number of hydrogen-bond donors (Lipinski definition) is 1. The van der Waals surface area contributed by atoms with E-state index in [4.69, 9.17) is 0 Å². The zero-order valence-electron chi connectivity index (χ0n) is 17.3. The molecule has 5 nitrogen and oxygen atoms in total. The Balaban J connectivity index is 1.73. The SMILES string of the molecule is C=CCn1c(S[C@H](C)C(=O)Nc2ccc(C(C)C)cc2)nnc1-c1ccc(F)cc1. The molecule has 30 heavy (non-hydrogen) atoms. The van der Waals surface area contributed by atoms with Gasteiger partial charge in [0.2, 0.25) is 5.91 Å². The fourth-order valence-corrected chi connectivity index (χ4v) is 3.75. The topological polar surface area (TPSA) is 59.8 Å². The number of hydrogen-bond acceptors (Lipinski definition) is 4. The van der Waals surface area contributed by atoms with E-state index in [1.165, 1.54) is 29.5 Å². The van der Waals surface area contributed by atoms with E-state index in [1.807, 2.05) is 35.8 Å². The van der Waals surface area contributed by atoms with Gasteiger partial charge in [0.15, 0.2) is 11.0 Å². The molecule has 156 valence electrons. The number of halogens is 1. The maximum Gasteiger partial charge on any atom is 0.237 e. The number of anilines is 1. The maximum absolute atomic E-state index is 13.2. The molecule has 0 saturated heterocycles. The summed E-state index contributed by atoms with van der Waals surface area (Å²) in [6, 6.07) is 14.0. The fraction of sp³-hybridized carbons (Fsp3) is 0.261. The van der Waals surface area contributed by atoms with Crippen LogP contribution in [0, 0.1) is 5.82 Å². The smallest absolute Gasteiger partial charge is 0.237 e. The van der Waals surface area contributed by atoms with Crippen LogP contribution >= 0.6 is 11.8 Å². The van der Waals surface area contributed by atoms with Crippen molar-refractivity contribution in [3.63, 3.8) is 0 Å². The van der Waals surface area contributed by atoms with Crippen LogP contribution in [-0.4, -0.2) is 25.9 Å². The van der Waals surface area contributed by atoms with Gasteiger partial charge in [-0.3, -0.25) is 9.36 Å². The van der Waals surface area contributed by atoms with E-state index in [2.05, 4.69) is 35.9 Å². The number of nitrogens with one attached hydrogen (secondary N) is 1. The van der Waals surface area contributed by atoms with E-state index in [1.54, 1.807) is 18.2 Å². The number of carbonyl (C=O) groups is 1. The first-order valence-electron chi connectivity index (χ1n) is 9.76. The molecule has 0 aliphatic rings. The molecular formula is C23H25FN4OS. The van der Waals surface area contributed by atoms with Gasteiger partial charge in [-0.25, -0.2) is 4.39 Å². The summed E-state index contributed by atoms with van der Waals surface area (Å²) in [6.45, 7) is 10.4. The molecule has 1 amide bonds. The van der Waals surface area contributed by atoms with Crippen LogP contribution in [0.3, 0.4) is 0 Å². The summed E-state index contributed by atoms with van der Waals surface area (Å²) >= 11 is 1.32. The molecule has 1 atom stereocenters. The Labute approximate surface area is 180 Å². The van der Waals surface area contributed by atoms with Crippen molar-refractivity contribution in [1.29, 1.82) is 0 Å². The summed E-state index contributed by atoms with van der Waals surface area (Å²) in [5, 5.41) is 11.7. The molecule has 1 heterocycles. The highest BCUT2D eigenvalue weighted by molar-refractivity contribution is 8.00. The Hall–Kier alpha value is -2.93. The molecule has 0 bridgehead atoms. The standard InChI is InChI=1S/C23H25FN4OS/c1-5-14-28-21(18-6-10-19(24)11-7-18)26-27-23(28)30-16(4)22(29)25-20-12-8-17(9-13-20)15(2)3/h5-13,15-16H,1,14H2,2-4H3,(H,25,29)/t16-/m1/s1. The van der Waals surface area contributed by atoms with Crippen molar-refractivity contribution in [2.24, 2.45) is 0 Å². The van der Waals surface area contributed by atoms with E-state index >= 15 is 0 Å². The van der Waals surface area contributed by atoms with Crippen LogP contribution in [0.15, 0.2) is 66.3 Å². The van der Waals surface area contributed by atoms with Gasteiger partial charge in [0.25, 0.3) is 0 Å². The molecular weight excluding hydrogens is 399 g/mol. The van der Waals surface area contributed by atoms with E-state index in [0.717, 1.165) is 11.3 Å². The number of aromatic nitrogens is 3. The van der Waals surface area contributed by atoms with Gasteiger partial charge in [0.1, 0.15) is 5.82 Å².